The number of hydrogen-bond acceptors (Lipinski definition) is 3. The molecule has 4 heteroatoms. The first-order valence-corrected chi connectivity index (χ1v) is 7.82. The molecule has 1 aliphatic rings. The number of nitrogens with zero attached hydrogens (tertiary/aromatic N) is 2. The first-order chi connectivity index (χ1) is 9.34. The van der Waals surface area contributed by atoms with Gasteiger partial charge in [0.15, 0.2) is 5.78 Å². The van der Waals surface area contributed by atoms with Gasteiger partial charge >= 0.3 is 0 Å². The lowest BCUT2D eigenvalue weighted by molar-refractivity contribution is 0.0982. The fourth-order valence-electron chi connectivity index (χ4n) is 2.69. The van der Waals surface area contributed by atoms with Crippen molar-refractivity contribution in [3.05, 3.63) is 40.1 Å². The predicted octanol–water partition coefficient (Wildman–Crippen LogP) is 3.49. The number of thiophene rings is 1. The zero-order valence-corrected chi connectivity index (χ0v) is 11.8. The average Bonchev–Trinajstić information content (AvgIpc) is 3.08. The number of Topliss-reactive ketones (excluding diaryl/α,β-unsaturated/α-hetero) is 1. The van der Waals surface area contributed by atoms with Crippen molar-refractivity contribution in [1.82, 2.24) is 9.55 Å². The van der Waals surface area contributed by atoms with E-state index in [1.165, 1.54) is 35.6 Å². The van der Waals surface area contributed by atoms with Crippen molar-refractivity contribution >= 4 is 17.1 Å². The minimum atomic E-state index is 0.268. The number of ketones is 1. The van der Waals surface area contributed by atoms with Crippen molar-refractivity contribution in [2.45, 2.75) is 45.1 Å². The SMILES string of the molecule is O=C(CCCn1cnc2c1CCCC2)c1cccs1. The Bertz CT molecular complexity index is 557. The monoisotopic (exact) mass is 274 g/mol. The Kier molecular flexibility index (Phi) is 3.78. The van der Waals surface area contributed by atoms with Crippen molar-refractivity contribution in [3.8, 4) is 0 Å². The van der Waals surface area contributed by atoms with Crippen molar-refractivity contribution < 1.29 is 4.79 Å². The molecule has 0 saturated heterocycles. The van der Waals surface area contributed by atoms with Gasteiger partial charge in [-0.15, -0.1) is 11.3 Å². The predicted molar refractivity (Wildman–Crippen MR) is 76.8 cm³/mol. The van der Waals surface area contributed by atoms with E-state index in [1.807, 2.05) is 23.8 Å². The van der Waals surface area contributed by atoms with Crippen LogP contribution in [0.5, 0.6) is 0 Å². The van der Waals surface area contributed by atoms with Gasteiger partial charge in [-0.1, -0.05) is 6.07 Å². The maximum absolute atomic E-state index is 11.9. The molecule has 0 radical (unpaired) electrons. The first kappa shape index (κ1) is 12.6. The molecule has 1 aliphatic carbocycles. The molecule has 0 N–H and O–H groups in total. The third kappa shape index (κ3) is 2.78. The van der Waals surface area contributed by atoms with Gasteiger partial charge in [-0.05, 0) is 43.6 Å². The topological polar surface area (TPSA) is 34.9 Å². The summed E-state index contributed by atoms with van der Waals surface area (Å²) in [6, 6.07) is 3.84. The van der Waals surface area contributed by atoms with Crippen molar-refractivity contribution in [1.29, 1.82) is 0 Å². The van der Waals surface area contributed by atoms with Gasteiger partial charge in [-0.2, -0.15) is 0 Å². The van der Waals surface area contributed by atoms with Gasteiger partial charge in [-0.25, -0.2) is 4.98 Å². The molecular formula is C15H18N2OS. The second-order valence-electron chi connectivity index (χ2n) is 5.04. The third-order valence-electron chi connectivity index (χ3n) is 3.71. The van der Waals surface area contributed by atoms with E-state index in [4.69, 9.17) is 0 Å². The summed E-state index contributed by atoms with van der Waals surface area (Å²) in [6.45, 7) is 0.916. The minimum absolute atomic E-state index is 0.268. The Morgan fingerprint density at radius 2 is 2.26 bits per heavy atom. The highest BCUT2D eigenvalue weighted by molar-refractivity contribution is 7.12. The molecule has 3 nitrogen and oxygen atoms in total. The van der Waals surface area contributed by atoms with E-state index < -0.39 is 0 Å². The number of carbonyl (C=O) groups is 1. The third-order valence-corrected chi connectivity index (χ3v) is 4.62. The van der Waals surface area contributed by atoms with Crippen LogP contribution in [0.3, 0.4) is 0 Å². The smallest absolute Gasteiger partial charge is 0.172 e. The molecule has 2 aromatic heterocycles. The maximum atomic E-state index is 11.9. The Hall–Kier alpha value is -1.42. The zero-order valence-electron chi connectivity index (χ0n) is 11.0. The standard InChI is InChI=1S/C15H18N2OS/c18-14(15-8-4-10-19-15)7-3-9-17-11-16-12-5-1-2-6-13(12)17/h4,8,10-11H,1-3,5-7,9H2. The van der Waals surface area contributed by atoms with E-state index >= 15 is 0 Å². The zero-order chi connectivity index (χ0) is 13.1. The lowest BCUT2D eigenvalue weighted by Gasteiger charge is -2.13. The summed E-state index contributed by atoms with van der Waals surface area (Å²) in [7, 11) is 0. The molecule has 3 rings (SSSR count). The van der Waals surface area contributed by atoms with Crippen LogP contribution in [-0.2, 0) is 19.4 Å². The Morgan fingerprint density at radius 1 is 1.37 bits per heavy atom. The van der Waals surface area contributed by atoms with Crippen molar-refractivity contribution in [2.24, 2.45) is 0 Å². The number of rotatable bonds is 5. The molecular weight excluding hydrogens is 256 g/mol. The van der Waals surface area contributed by atoms with Gasteiger partial charge in [-0.3, -0.25) is 4.79 Å². The highest BCUT2D eigenvalue weighted by Crippen LogP contribution is 2.20. The van der Waals surface area contributed by atoms with Crippen LogP contribution in [0.25, 0.3) is 0 Å². The van der Waals surface area contributed by atoms with Crippen LogP contribution in [0.1, 0.15) is 46.7 Å². The molecule has 100 valence electrons. The molecule has 0 unspecified atom stereocenters. The number of aryl methyl sites for hydroxylation is 2. The lowest BCUT2D eigenvalue weighted by atomic mass is 10.0. The Labute approximate surface area is 117 Å². The van der Waals surface area contributed by atoms with Crippen molar-refractivity contribution in [3.63, 3.8) is 0 Å². The molecule has 0 atom stereocenters. The van der Waals surface area contributed by atoms with E-state index in [-0.39, 0.29) is 5.78 Å². The number of imidazole rings is 1. The quantitative estimate of drug-likeness (QED) is 0.782. The van der Waals surface area contributed by atoms with Crippen LogP contribution >= 0.6 is 11.3 Å². The van der Waals surface area contributed by atoms with Crippen LogP contribution in [-0.4, -0.2) is 15.3 Å². The molecule has 2 heterocycles. The highest BCUT2D eigenvalue weighted by atomic mass is 32.1. The minimum Gasteiger partial charge on any atom is -0.334 e. The number of aromatic nitrogens is 2. The van der Waals surface area contributed by atoms with Gasteiger partial charge in [0.1, 0.15) is 0 Å². The molecule has 0 amide bonds. The van der Waals surface area contributed by atoms with E-state index in [2.05, 4.69) is 9.55 Å². The van der Waals surface area contributed by atoms with E-state index in [0.29, 0.717) is 6.42 Å². The number of hydrogen-bond donors (Lipinski definition) is 0. The summed E-state index contributed by atoms with van der Waals surface area (Å²) in [5.41, 5.74) is 2.67. The van der Waals surface area contributed by atoms with Crippen LogP contribution in [0.15, 0.2) is 23.8 Å². The molecule has 0 aliphatic heterocycles. The summed E-state index contributed by atoms with van der Waals surface area (Å²) < 4.78 is 2.25. The van der Waals surface area contributed by atoms with E-state index in [0.717, 1.165) is 30.7 Å². The summed E-state index contributed by atoms with van der Waals surface area (Å²) in [5, 5.41) is 1.96. The fourth-order valence-corrected chi connectivity index (χ4v) is 3.39. The summed E-state index contributed by atoms with van der Waals surface area (Å²) in [6.07, 6.45) is 8.29. The van der Waals surface area contributed by atoms with E-state index in [1.54, 1.807) is 0 Å². The summed E-state index contributed by atoms with van der Waals surface area (Å²) >= 11 is 1.53. The Morgan fingerprint density at radius 3 is 3.11 bits per heavy atom. The fraction of sp³-hybridized carbons (Fsp3) is 0.467. The Balaban J connectivity index is 1.55. The summed E-state index contributed by atoms with van der Waals surface area (Å²) in [4.78, 5) is 17.3. The largest absolute Gasteiger partial charge is 0.334 e. The van der Waals surface area contributed by atoms with Crippen molar-refractivity contribution in [2.75, 3.05) is 0 Å². The number of fused-ring (bicyclic) bond motifs is 1. The second kappa shape index (κ2) is 5.70. The first-order valence-electron chi connectivity index (χ1n) is 6.94. The van der Waals surface area contributed by atoms with Gasteiger partial charge in [0, 0.05) is 18.7 Å². The van der Waals surface area contributed by atoms with Gasteiger partial charge in [0.2, 0.25) is 0 Å². The molecule has 0 bridgehead atoms. The van der Waals surface area contributed by atoms with Gasteiger partial charge in [0.25, 0.3) is 0 Å². The number of carbonyl (C=O) groups excluding carboxylic acids is 1. The normalized spacial score (nSPS) is 14.3. The van der Waals surface area contributed by atoms with Crippen LogP contribution in [0, 0.1) is 0 Å². The highest BCUT2D eigenvalue weighted by Gasteiger charge is 2.15. The van der Waals surface area contributed by atoms with E-state index in [9.17, 15) is 4.79 Å². The molecule has 19 heavy (non-hydrogen) atoms. The molecule has 0 fully saturated rings. The van der Waals surface area contributed by atoms with Gasteiger partial charge in [0.05, 0.1) is 16.9 Å². The van der Waals surface area contributed by atoms with Crippen LogP contribution in [0.2, 0.25) is 0 Å². The summed E-state index contributed by atoms with van der Waals surface area (Å²) in [5.74, 6) is 0.268. The lowest BCUT2D eigenvalue weighted by Crippen LogP contribution is -2.09. The molecule has 0 aromatic carbocycles. The maximum Gasteiger partial charge on any atom is 0.172 e. The van der Waals surface area contributed by atoms with Crippen LogP contribution < -0.4 is 0 Å². The molecule has 0 saturated carbocycles. The molecule has 0 spiro atoms. The second-order valence-corrected chi connectivity index (χ2v) is 5.99. The average molecular weight is 274 g/mol. The molecule has 2 aromatic rings. The van der Waals surface area contributed by atoms with Gasteiger partial charge < -0.3 is 4.57 Å². The van der Waals surface area contributed by atoms with Crippen LogP contribution in [0.4, 0.5) is 0 Å².